The first kappa shape index (κ1) is 22.3. The van der Waals surface area contributed by atoms with Gasteiger partial charge in [-0.2, -0.15) is 0 Å². The minimum atomic E-state index is -0.805. The van der Waals surface area contributed by atoms with Gasteiger partial charge in [-0.15, -0.1) is 0 Å². The molecule has 3 aromatic rings. The third-order valence-corrected chi connectivity index (χ3v) is 8.98. The van der Waals surface area contributed by atoms with Crippen LogP contribution in [0.3, 0.4) is 0 Å². The number of amides is 2. The number of likely N-dealkylation sites (N-methyl/N-ethyl adjacent to an activating group) is 1. The van der Waals surface area contributed by atoms with E-state index in [2.05, 4.69) is 74.3 Å². The fourth-order valence-electron chi connectivity index (χ4n) is 6.97. The molecule has 186 valence electrons. The summed E-state index contributed by atoms with van der Waals surface area (Å²) in [5, 5.41) is 2.17. The van der Waals surface area contributed by atoms with Crippen LogP contribution in [0.15, 0.2) is 77.9 Å². The Kier molecular flexibility index (Phi) is 4.58. The van der Waals surface area contributed by atoms with Gasteiger partial charge < -0.3 is 9.64 Å². The molecular formula is C32H30N2O3. The lowest BCUT2D eigenvalue weighted by atomic mass is 9.75. The summed E-state index contributed by atoms with van der Waals surface area (Å²) in [4.78, 5) is 30.6. The predicted molar refractivity (Wildman–Crippen MR) is 145 cm³/mol. The molecule has 0 saturated heterocycles. The standard InChI is InChI=1S/C32H30N2O3/c1-31(2)25-14-8-9-15-26(25)33(3)32(31)18-21(19-34-29(35)23-12-6-7-13-24(23)30(34)36)28-22-11-5-4-10-20(22)16-17-27(28)37-32/h4-5,8-11,14-18H,6-7,12-13,19H2,1-3H3. The number of anilines is 1. The van der Waals surface area contributed by atoms with Gasteiger partial charge in [0, 0.05) is 29.4 Å². The van der Waals surface area contributed by atoms with Crippen LogP contribution < -0.4 is 9.64 Å². The van der Waals surface area contributed by atoms with Gasteiger partial charge in [-0.25, -0.2) is 0 Å². The van der Waals surface area contributed by atoms with Crippen molar-refractivity contribution in [1.82, 2.24) is 4.90 Å². The van der Waals surface area contributed by atoms with Crippen molar-refractivity contribution in [2.45, 2.75) is 50.7 Å². The van der Waals surface area contributed by atoms with Gasteiger partial charge in [-0.05, 0) is 79.6 Å². The smallest absolute Gasteiger partial charge is 0.257 e. The average molecular weight is 491 g/mol. The first-order valence-corrected chi connectivity index (χ1v) is 13.2. The predicted octanol–water partition coefficient (Wildman–Crippen LogP) is 5.98. The molecule has 0 N–H and O–H groups in total. The molecular weight excluding hydrogens is 460 g/mol. The molecule has 0 aromatic heterocycles. The molecule has 0 bridgehead atoms. The Morgan fingerprint density at radius 3 is 2.27 bits per heavy atom. The van der Waals surface area contributed by atoms with E-state index >= 15 is 0 Å². The van der Waals surface area contributed by atoms with Gasteiger partial charge in [0.1, 0.15) is 5.75 Å². The molecule has 5 heteroatoms. The molecule has 1 unspecified atom stereocenters. The minimum Gasteiger partial charge on any atom is -0.463 e. The molecule has 3 aromatic carbocycles. The van der Waals surface area contributed by atoms with Crippen molar-refractivity contribution in [2.24, 2.45) is 0 Å². The average Bonchev–Trinajstić information content (AvgIpc) is 3.25. The Bertz CT molecular complexity index is 1550. The quantitative estimate of drug-likeness (QED) is 0.415. The van der Waals surface area contributed by atoms with Gasteiger partial charge in [-0.3, -0.25) is 14.5 Å². The Labute approximate surface area is 217 Å². The molecule has 7 rings (SSSR count). The van der Waals surface area contributed by atoms with Gasteiger partial charge in [0.15, 0.2) is 0 Å². The summed E-state index contributed by atoms with van der Waals surface area (Å²) < 4.78 is 6.99. The second kappa shape index (κ2) is 7.58. The molecule has 3 heterocycles. The summed E-state index contributed by atoms with van der Waals surface area (Å²) in [6, 6.07) is 20.8. The van der Waals surface area contributed by atoms with E-state index < -0.39 is 5.72 Å². The van der Waals surface area contributed by atoms with Gasteiger partial charge in [0.25, 0.3) is 11.8 Å². The van der Waals surface area contributed by atoms with Gasteiger partial charge >= 0.3 is 0 Å². The Hall–Kier alpha value is -3.86. The SMILES string of the molecule is CN1c2ccccc2C(C)(C)C12C=C(CN1C(=O)C3=C(CCCC3)C1=O)c1c(ccc3ccccc13)O2. The Balaban J connectivity index is 1.42. The molecule has 3 aliphatic heterocycles. The van der Waals surface area contributed by atoms with Crippen molar-refractivity contribution in [3.63, 3.8) is 0 Å². The van der Waals surface area contributed by atoms with Crippen molar-refractivity contribution in [1.29, 1.82) is 0 Å². The molecule has 4 aliphatic rings. The molecule has 0 radical (unpaired) electrons. The fraction of sp³-hybridized carbons (Fsp3) is 0.312. The second-order valence-corrected chi connectivity index (χ2v) is 11.2. The number of ether oxygens (including phenoxy) is 1. The first-order valence-electron chi connectivity index (χ1n) is 13.2. The molecule has 0 saturated carbocycles. The van der Waals surface area contributed by atoms with Crippen molar-refractivity contribution in [3.8, 4) is 5.75 Å². The highest BCUT2D eigenvalue weighted by atomic mass is 16.5. The normalized spacial score (nSPS) is 23.8. The van der Waals surface area contributed by atoms with E-state index in [0.29, 0.717) is 12.8 Å². The highest BCUT2D eigenvalue weighted by Crippen LogP contribution is 2.56. The van der Waals surface area contributed by atoms with E-state index in [1.807, 2.05) is 18.2 Å². The monoisotopic (exact) mass is 490 g/mol. The van der Waals surface area contributed by atoms with E-state index in [1.54, 1.807) is 0 Å². The number of fused-ring (bicyclic) bond motifs is 4. The maximum atomic E-state index is 13.5. The van der Waals surface area contributed by atoms with Crippen molar-refractivity contribution >= 4 is 33.8 Å². The third-order valence-electron chi connectivity index (χ3n) is 8.98. The number of nitrogens with zero attached hydrogens (tertiary/aromatic N) is 2. The lowest BCUT2D eigenvalue weighted by Crippen LogP contribution is -2.58. The van der Waals surface area contributed by atoms with E-state index in [-0.39, 0.29) is 23.8 Å². The number of hydrogen-bond acceptors (Lipinski definition) is 4. The molecule has 5 nitrogen and oxygen atoms in total. The Morgan fingerprint density at radius 2 is 1.54 bits per heavy atom. The number of rotatable bonds is 2. The summed E-state index contributed by atoms with van der Waals surface area (Å²) in [6.45, 7) is 4.65. The summed E-state index contributed by atoms with van der Waals surface area (Å²) in [6.07, 6.45) is 5.52. The van der Waals surface area contributed by atoms with Gasteiger partial charge in [-0.1, -0.05) is 48.5 Å². The highest BCUT2D eigenvalue weighted by Gasteiger charge is 2.58. The van der Waals surface area contributed by atoms with Gasteiger partial charge in [0.05, 0.1) is 12.0 Å². The van der Waals surface area contributed by atoms with E-state index in [4.69, 9.17) is 4.74 Å². The molecule has 1 aliphatic carbocycles. The van der Waals surface area contributed by atoms with Crippen LogP contribution in [0.1, 0.15) is 50.7 Å². The van der Waals surface area contributed by atoms with Crippen molar-refractivity contribution < 1.29 is 14.3 Å². The summed E-state index contributed by atoms with van der Waals surface area (Å²) >= 11 is 0. The number of carbonyl (C=O) groups excluding carboxylic acids is 2. The minimum absolute atomic E-state index is 0.120. The number of benzene rings is 3. The van der Waals surface area contributed by atoms with Crippen LogP contribution >= 0.6 is 0 Å². The van der Waals surface area contributed by atoms with Crippen LogP contribution in [0.25, 0.3) is 16.3 Å². The summed E-state index contributed by atoms with van der Waals surface area (Å²) in [7, 11) is 2.07. The summed E-state index contributed by atoms with van der Waals surface area (Å²) in [5.41, 5.74) is 4.51. The zero-order valence-corrected chi connectivity index (χ0v) is 21.5. The molecule has 1 atom stereocenters. The van der Waals surface area contributed by atoms with Crippen molar-refractivity contribution in [2.75, 3.05) is 18.5 Å². The van der Waals surface area contributed by atoms with Crippen LogP contribution in [-0.2, 0) is 15.0 Å². The van der Waals surface area contributed by atoms with Crippen molar-refractivity contribution in [3.05, 3.63) is 89.0 Å². The largest absolute Gasteiger partial charge is 0.463 e. The highest BCUT2D eigenvalue weighted by molar-refractivity contribution is 6.20. The van der Waals surface area contributed by atoms with Crippen LogP contribution in [0.5, 0.6) is 5.75 Å². The lowest BCUT2D eigenvalue weighted by Gasteiger charge is -2.47. The first-order chi connectivity index (χ1) is 17.8. The fourth-order valence-corrected chi connectivity index (χ4v) is 6.97. The van der Waals surface area contributed by atoms with E-state index in [1.165, 1.54) is 10.5 Å². The van der Waals surface area contributed by atoms with Gasteiger partial charge in [0.2, 0.25) is 5.72 Å². The molecule has 0 fully saturated rings. The number of para-hydroxylation sites is 1. The third kappa shape index (κ3) is 2.85. The maximum absolute atomic E-state index is 13.5. The zero-order chi connectivity index (χ0) is 25.5. The topological polar surface area (TPSA) is 49.9 Å². The number of imide groups is 1. The molecule has 37 heavy (non-hydrogen) atoms. The van der Waals surface area contributed by atoms with E-state index in [9.17, 15) is 9.59 Å². The van der Waals surface area contributed by atoms with E-state index in [0.717, 1.165) is 57.3 Å². The number of hydrogen-bond donors (Lipinski definition) is 0. The van der Waals surface area contributed by atoms with Crippen LogP contribution in [0, 0.1) is 0 Å². The molecule has 2 amide bonds. The summed E-state index contributed by atoms with van der Waals surface area (Å²) in [5.74, 6) is 0.538. The lowest BCUT2D eigenvalue weighted by molar-refractivity contribution is -0.136. The Morgan fingerprint density at radius 1 is 0.865 bits per heavy atom. The molecule has 1 spiro atoms. The second-order valence-electron chi connectivity index (χ2n) is 11.2. The number of carbonyl (C=O) groups is 2. The maximum Gasteiger partial charge on any atom is 0.257 e. The zero-order valence-electron chi connectivity index (χ0n) is 21.5. The van der Waals surface area contributed by atoms with Crippen LogP contribution in [0.4, 0.5) is 5.69 Å². The van der Waals surface area contributed by atoms with Crippen LogP contribution in [0.2, 0.25) is 0 Å². The van der Waals surface area contributed by atoms with Crippen LogP contribution in [-0.4, -0.2) is 36.0 Å².